The summed E-state index contributed by atoms with van der Waals surface area (Å²) in [4.78, 5) is 4.50. The van der Waals surface area contributed by atoms with E-state index in [9.17, 15) is 0 Å². The number of aromatic nitrogens is 1. The minimum atomic E-state index is 0.0426. The number of nitrogens with zero attached hydrogens (tertiary/aromatic N) is 1. The van der Waals surface area contributed by atoms with E-state index in [-0.39, 0.29) is 6.61 Å². The van der Waals surface area contributed by atoms with Gasteiger partial charge in [-0.3, -0.25) is 0 Å². The summed E-state index contributed by atoms with van der Waals surface area (Å²) >= 11 is 0. The summed E-state index contributed by atoms with van der Waals surface area (Å²) < 4.78 is 11.2. The average Bonchev–Trinajstić information content (AvgIpc) is 3.04. The van der Waals surface area contributed by atoms with Crippen LogP contribution in [0.2, 0.25) is 0 Å². The Morgan fingerprint density at radius 1 is 1.13 bits per heavy atom. The molecule has 0 atom stereocenters. The van der Waals surface area contributed by atoms with Crippen LogP contribution < -0.4 is 4.74 Å². The van der Waals surface area contributed by atoms with Gasteiger partial charge in [-0.15, -0.1) is 0 Å². The van der Waals surface area contributed by atoms with Crippen molar-refractivity contribution in [1.82, 2.24) is 4.98 Å². The summed E-state index contributed by atoms with van der Waals surface area (Å²) in [6.07, 6.45) is 2.35. The van der Waals surface area contributed by atoms with Gasteiger partial charge in [0.2, 0.25) is 5.89 Å². The summed E-state index contributed by atoms with van der Waals surface area (Å²) in [5.41, 5.74) is 3.90. The van der Waals surface area contributed by atoms with Crippen molar-refractivity contribution < 1.29 is 14.3 Å². The molecular formula is C19H19NO3. The Morgan fingerprint density at radius 3 is 2.70 bits per heavy atom. The summed E-state index contributed by atoms with van der Waals surface area (Å²) in [6, 6.07) is 15.5. The molecule has 1 heterocycles. The standard InChI is InChI=1S/C19H19NO3/c1-14-3-2-4-16(11-14)19-20-17(13-23-19)9-10-22-18-7-5-15(12-21)6-8-18/h2-8,11,13,21H,9-10,12H2,1H3. The maximum absolute atomic E-state index is 9.01. The summed E-state index contributed by atoms with van der Waals surface area (Å²) in [7, 11) is 0. The molecule has 0 amide bonds. The van der Waals surface area contributed by atoms with Crippen LogP contribution >= 0.6 is 0 Å². The van der Waals surface area contributed by atoms with Crippen LogP contribution in [0.5, 0.6) is 5.75 Å². The molecule has 23 heavy (non-hydrogen) atoms. The predicted molar refractivity (Wildman–Crippen MR) is 88.2 cm³/mol. The zero-order valence-electron chi connectivity index (χ0n) is 13.0. The predicted octanol–water partition coefficient (Wildman–Crippen LogP) is 3.76. The lowest BCUT2D eigenvalue weighted by Crippen LogP contribution is -2.01. The van der Waals surface area contributed by atoms with Gasteiger partial charge in [0.15, 0.2) is 0 Å². The molecule has 1 aromatic heterocycles. The molecule has 1 N–H and O–H groups in total. The molecule has 3 aromatic rings. The Bertz CT molecular complexity index is 762. The number of rotatable bonds is 6. The van der Waals surface area contributed by atoms with Crippen LogP contribution in [-0.2, 0) is 13.0 Å². The zero-order chi connectivity index (χ0) is 16.1. The summed E-state index contributed by atoms with van der Waals surface area (Å²) in [6.45, 7) is 2.61. The molecule has 0 saturated carbocycles. The van der Waals surface area contributed by atoms with Crippen LogP contribution in [0.25, 0.3) is 11.5 Å². The van der Waals surface area contributed by atoms with Crippen LogP contribution in [0.15, 0.2) is 59.2 Å². The van der Waals surface area contributed by atoms with E-state index in [0.717, 1.165) is 22.6 Å². The first-order valence-corrected chi connectivity index (χ1v) is 7.58. The number of hydrogen-bond donors (Lipinski definition) is 1. The molecule has 0 aliphatic heterocycles. The van der Waals surface area contributed by atoms with Crippen LogP contribution in [-0.4, -0.2) is 16.7 Å². The topological polar surface area (TPSA) is 55.5 Å². The third-order valence-electron chi connectivity index (χ3n) is 3.55. The van der Waals surface area contributed by atoms with Crippen LogP contribution in [0.1, 0.15) is 16.8 Å². The van der Waals surface area contributed by atoms with E-state index >= 15 is 0 Å². The van der Waals surface area contributed by atoms with E-state index in [2.05, 4.69) is 11.1 Å². The number of aryl methyl sites for hydroxylation is 1. The molecule has 0 unspecified atom stereocenters. The molecule has 3 rings (SSSR count). The van der Waals surface area contributed by atoms with Crippen molar-refractivity contribution in [3.8, 4) is 17.2 Å². The Morgan fingerprint density at radius 2 is 1.96 bits per heavy atom. The molecule has 0 radical (unpaired) electrons. The van der Waals surface area contributed by atoms with Gasteiger partial charge in [-0.05, 0) is 36.8 Å². The molecule has 0 aliphatic rings. The van der Waals surface area contributed by atoms with Crippen LogP contribution in [0.4, 0.5) is 0 Å². The molecule has 4 heteroatoms. The highest BCUT2D eigenvalue weighted by molar-refractivity contribution is 5.54. The quantitative estimate of drug-likeness (QED) is 0.753. The van der Waals surface area contributed by atoms with Gasteiger partial charge in [-0.2, -0.15) is 0 Å². The summed E-state index contributed by atoms with van der Waals surface area (Å²) in [5, 5.41) is 9.01. The third-order valence-corrected chi connectivity index (χ3v) is 3.55. The van der Waals surface area contributed by atoms with Gasteiger partial charge in [0.05, 0.1) is 18.9 Å². The first-order valence-electron chi connectivity index (χ1n) is 7.58. The fraction of sp³-hybridized carbons (Fsp3) is 0.211. The van der Waals surface area contributed by atoms with E-state index < -0.39 is 0 Å². The Hall–Kier alpha value is -2.59. The van der Waals surface area contributed by atoms with E-state index in [4.69, 9.17) is 14.3 Å². The molecule has 118 valence electrons. The van der Waals surface area contributed by atoms with E-state index in [1.807, 2.05) is 49.4 Å². The lowest BCUT2D eigenvalue weighted by atomic mass is 10.1. The maximum atomic E-state index is 9.01. The Labute approximate surface area is 135 Å². The van der Waals surface area contributed by atoms with Crippen LogP contribution in [0, 0.1) is 6.92 Å². The smallest absolute Gasteiger partial charge is 0.226 e. The number of aliphatic hydroxyl groups excluding tert-OH is 1. The minimum absolute atomic E-state index is 0.0426. The first-order chi connectivity index (χ1) is 11.2. The molecule has 0 spiro atoms. The maximum Gasteiger partial charge on any atom is 0.226 e. The normalized spacial score (nSPS) is 10.7. The van der Waals surface area contributed by atoms with Crippen LogP contribution in [0.3, 0.4) is 0 Å². The minimum Gasteiger partial charge on any atom is -0.493 e. The SMILES string of the molecule is Cc1cccc(-c2nc(CCOc3ccc(CO)cc3)co2)c1. The van der Waals surface area contributed by atoms with E-state index in [1.165, 1.54) is 5.56 Å². The van der Waals surface area contributed by atoms with Crippen molar-refractivity contribution in [3.05, 3.63) is 71.6 Å². The molecule has 0 fully saturated rings. The van der Waals surface area contributed by atoms with Gasteiger partial charge < -0.3 is 14.3 Å². The average molecular weight is 309 g/mol. The fourth-order valence-electron chi connectivity index (χ4n) is 2.30. The van der Waals surface area contributed by atoms with E-state index in [0.29, 0.717) is 18.9 Å². The number of benzene rings is 2. The largest absolute Gasteiger partial charge is 0.493 e. The van der Waals surface area contributed by atoms with Gasteiger partial charge in [0.25, 0.3) is 0 Å². The molecule has 0 aliphatic carbocycles. The molecule has 4 nitrogen and oxygen atoms in total. The Kier molecular flexibility index (Phi) is 4.74. The molecule has 0 saturated heterocycles. The number of aliphatic hydroxyl groups is 1. The van der Waals surface area contributed by atoms with Crippen molar-refractivity contribution in [3.63, 3.8) is 0 Å². The second kappa shape index (κ2) is 7.11. The highest BCUT2D eigenvalue weighted by Gasteiger charge is 2.07. The molecular weight excluding hydrogens is 290 g/mol. The third kappa shape index (κ3) is 3.99. The van der Waals surface area contributed by atoms with Crippen molar-refractivity contribution >= 4 is 0 Å². The summed E-state index contributed by atoms with van der Waals surface area (Å²) in [5.74, 6) is 1.42. The molecule has 0 bridgehead atoms. The van der Waals surface area contributed by atoms with Gasteiger partial charge in [-0.1, -0.05) is 29.8 Å². The highest BCUT2D eigenvalue weighted by Crippen LogP contribution is 2.20. The van der Waals surface area contributed by atoms with Gasteiger partial charge >= 0.3 is 0 Å². The van der Waals surface area contributed by atoms with Gasteiger partial charge in [-0.25, -0.2) is 4.98 Å². The fourth-order valence-corrected chi connectivity index (χ4v) is 2.30. The zero-order valence-corrected chi connectivity index (χ0v) is 13.0. The second-order valence-electron chi connectivity index (χ2n) is 5.41. The lowest BCUT2D eigenvalue weighted by molar-refractivity contribution is 0.281. The van der Waals surface area contributed by atoms with Crippen molar-refractivity contribution in [1.29, 1.82) is 0 Å². The van der Waals surface area contributed by atoms with E-state index in [1.54, 1.807) is 6.26 Å². The number of ether oxygens (including phenoxy) is 1. The monoisotopic (exact) mass is 309 g/mol. The number of hydrogen-bond acceptors (Lipinski definition) is 4. The first kappa shape index (κ1) is 15.3. The van der Waals surface area contributed by atoms with Gasteiger partial charge in [0, 0.05) is 12.0 Å². The molecule has 2 aromatic carbocycles. The van der Waals surface area contributed by atoms with Gasteiger partial charge in [0.1, 0.15) is 12.0 Å². The Balaban J connectivity index is 1.56. The second-order valence-corrected chi connectivity index (χ2v) is 5.41. The number of oxazole rings is 1. The lowest BCUT2D eigenvalue weighted by Gasteiger charge is -2.05. The van der Waals surface area contributed by atoms with Crippen molar-refractivity contribution in [2.24, 2.45) is 0 Å². The highest BCUT2D eigenvalue weighted by atomic mass is 16.5. The van der Waals surface area contributed by atoms with Crippen molar-refractivity contribution in [2.45, 2.75) is 20.0 Å². The van der Waals surface area contributed by atoms with Crippen molar-refractivity contribution in [2.75, 3.05) is 6.61 Å².